The molecule has 0 aliphatic heterocycles. The highest BCUT2D eigenvalue weighted by Gasteiger charge is 2.14. The maximum absolute atomic E-state index is 12.6. The lowest BCUT2D eigenvalue weighted by atomic mass is 10.2. The second-order valence-electron chi connectivity index (χ2n) is 5.77. The number of pyridine rings is 1. The van der Waals surface area contributed by atoms with Crippen molar-refractivity contribution in [3.05, 3.63) is 78.1 Å². The Morgan fingerprint density at radius 2 is 1.68 bits per heavy atom. The van der Waals surface area contributed by atoms with Gasteiger partial charge in [0.1, 0.15) is 17.2 Å². The molecule has 2 N–H and O–H groups in total. The number of hydrogen-bond acceptors (Lipinski definition) is 5. The summed E-state index contributed by atoms with van der Waals surface area (Å²) in [6.07, 6.45) is 1.41. The zero-order valence-corrected chi connectivity index (χ0v) is 15.4. The number of hydrogen-bond donors (Lipinski definition) is 2. The zero-order chi connectivity index (χ0) is 19.9. The molecular weight excluding hydrogens is 358 g/mol. The van der Waals surface area contributed by atoms with Crippen LogP contribution >= 0.6 is 0 Å². The Bertz CT molecular complexity index is 1000. The van der Waals surface area contributed by atoms with Crippen molar-refractivity contribution in [3.8, 4) is 11.5 Å². The predicted molar refractivity (Wildman–Crippen MR) is 106 cm³/mol. The van der Waals surface area contributed by atoms with Gasteiger partial charge in [0.25, 0.3) is 11.8 Å². The smallest absolute Gasteiger partial charge is 0.274 e. The number of aromatic nitrogens is 1. The summed E-state index contributed by atoms with van der Waals surface area (Å²) in [5.41, 5.74) is 1.52. The summed E-state index contributed by atoms with van der Waals surface area (Å²) in [5.74, 6) is 0.360. The number of benzene rings is 2. The second kappa shape index (κ2) is 8.68. The van der Waals surface area contributed by atoms with Gasteiger partial charge in [-0.05, 0) is 36.4 Å². The molecule has 28 heavy (non-hydrogen) atoms. The zero-order valence-electron chi connectivity index (χ0n) is 15.4. The molecule has 1 aromatic heterocycles. The van der Waals surface area contributed by atoms with Crippen molar-refractivity contribution in [2.75, 3.05) is 24.9 Å². The first kappa shape index (κ1) is 18.9. The minimum absolute atomic E-state index is 0.121. The molecule has 0 atom stereocenters. The summed E-state index contributed by atoms with van der Waals surface area (Å²) in [6.45, 7) is 0. The van der Waals surface area contributed by atoms with Crippen molar-refractivity contribution in [3.63, 3.8) is 0 Å². The number of rotatable bonds is 6. The van der Waals surface area contributed by atoms with E-state index in [0.717, 1.165) is 0 Å². The lowest BCUT2D eigenvalue weighted by molar-refractivity contribution is 0.102. The van der Waals surface area contributed by atoms with Gasteiger partial charge >= 0.3 is 0 Å². The van der Waals surface area contributed by atoms with Crippen molar-refractivity contribution in [1.29, 1.82) is 0 Å². The fraction of sp³-hybridized carbons (Fsp3) is 0.0952. The highest BCUT2D eigenvalue weighted by atomic mass is 16.5. The first-order chi connectivity index (χ1) is 13.6. The Kier molecular flexibility index (Phi) is 5.86. The molecule has 0 fully saturated rings. The number of methoxy groups -OCH3 is 2. The Labute approximate surface area is 162 Å². The van der Waals surface area contributed by atoms with Crippen LogP contribution in [0.4, 0.5) is 11.4 Å². The van der Waals surface area contributed by atoms with Crippen molar-refractivity contribution in [1.82, 2.24) is 4.98 Å². The molecule has 0 aliphatic rings. The fourth-order valence-corrected chi connectivity index (χ4v) is 2.53. The molecule has 1 heterocycles. The molecule has 2 amide bonds. The van der Waals surface area contributed by atoms with Gasteiger partial charge in [0.05, 0.1) is 19.9 Å². The van der Waals surface area contributed by atoms with E-state index in [2.05, 4.69) is 15.6 Å². The maximum Gasteiger partial charge on any atom is 0.274 e. The molecule has 2 aromatic carbocycles. The van der Waals surface area contributed by atoms with E-state index in [4.69, 9.17) is 9.47 Å². The van der Waals surface area contributed by atoms with Crippen LogP contribution < -0.4 is 20.1 Å². The predicted octanol–water partition coefficient (Wildman–Crippen LogP) is 3.60. The van der Waals surface area contributed by atoms with Gasteiger partial charge in [-0.1, -0.05) is 18.2 Å². The molecule has 3 aromatic rings. The van der Waals surface area contributed by atoms with Gasteiger partial charge in [-0.3, -0.25) is 14.6 Å². The van der Waals surface area contributed by atoms with Gasteiger partial charge in [0, 0.05) is 23.5 Å². The average molecular weight is 377 g/mol. The van der Waals surface area contributed by atoms with Crippen LogP contribution in [0, 0.1) is 0 Å². The summed E-state index contributed by atoms with van der Waals surface area (Å²) < 4.78 is 10.4. The molecule has 7 heteroatoms. The van der Waals surface area contributed by atoms with Crippen LogP contribution in [0.25, 0.3) is 0 Å². The van der Waals surface area contributed by atoms with Crippen LogP contribution in [-0.2, 0) is 0 Å². The van der Waals surface area contributed by atoms with E-state index >= 15 is 0 Å². The highest BCUT2D eigenvalue weighted by molar-refractivity contribution is 6.08. The molecular formula is C21H19N3O4. The van der Waals surface area contributed by atoms with Crippen LogP contribution in [0.15, 0.2) is 66.9 Å². The maximum atomic E-state index is 12.6. The number of para-hydroxylation sites is 2. The standard InChI is InChI=1S/C21H19N3O4/c1-27-16-7-5-6-15(13-16)23-21(26)18-12-14(10-11-22-18)20(25)24-17-8-3-4-9-19(17)28-2/h3-13H,1-2H3,(H,23,26)(H,24,25). The average Bonchev–Trinajstić information content (AvgIpc) is 2.74. The summed E-state index contributed by atoms with van der Waals surface area (Å²) in [7, 11) is 3.07. The van der Waals surface area contributed by atoms with Gasteiger partial charge in [-0.25, -0.2) is 0 Å². The number of nitrogens with one attached hydrogen (secondary N) is 2. The minimum atomic E-state index is -0.430. The van der Waals surface area contributed by atoms with Crippen molar-refractivity contribution in [2.24, 2.45) is 0 Å². The monoisotopic (exact) mass is 377 g/mol. The molecule has 7 nitrogen and oxygen atoms in total. The van der Waals surface area contributed by atoms with Crippen LogP contribution in [0.2, 0.25) is 0 Å². The van der Waals surface area contributed by atoms with Crippen molar-refractivity contribution < 1.29 is 19.1 Å². The molecule has 0 bridgehead atoms. The van der Waals surface area contributed by atoms with E-state index in [1.165, 1.54) is 25.4 Å². The summed E-state index contributed by atoms with van der Waals surface area (Å²) in [6, 6.07) is 17.0. The molecule has 0 saturated heterocycles. The first-order valence-electron chi connectivity index (χ1n) is 8.46. The van der Waals surface area contributed by atoms with Crippen LogP contribution in [-0.4, -0.2) is 31.0 Å². The van der Waals surface area contributed by atoms with E-state index < -0.39 is 5.91 Å². The number of amides is 2. The summed E-state index contributed by atoms with van der Waals surface area (Å²) in [5, 5.41) is 5.50. The van der Waals surface area contributed by atoms with Crippen LogP contribution in [0.1, 0.15) is 20.8 Å². The van der Waals surface area contributed by atoms with Gasteiger partial charge in [-0.15, -0.1) is 0 Å². The molecule has 0 saturated carbocycles. The van der Waals surface area contributed by atoms with E-state index in [-0.39, 0.29) is 11.6 Å². The minimum Gasteiger partial charge on any atom is -0.497 e. The number of carbonyl (C=O) groups is 2. The normalized spacial score (nSPS) is 10.1. The molecule has 0 spiro atoms. The third-order valence-corrected chi connectivity index (χ3v) is 3.94. The van der Waals surface area contributed by atoms with Crippen LogP contribution in [0.5, 0.6) is 11.5 Å². The van der Waals surface area contributed by atoms with E-state index in [9.17, 15) is 9.59 Å². The summed E-state index contributed by atoms with van der Waals surface area (Å²) in [4.78, 5) is 29.1. The molecule has 142 valence electrons. The Hall–Kier alpha value is -3.87. The lowest BCUT2D eigenvalue weighted by Gasteiger charge is -2.10. The Balaban J connectivity index is 1.75. The van der Waals surface area contributed by atoms with Gasteiger partial charge in [0.15, 0.2) is 0 Å². The highest BCUT2D eigenvalue weighted by Crippen LogP contribution is 2.23. The van der Waals surface area contributed by atoms with E-state index in [1.807, 2.05) is 6.07 Å². The van der Waals surface area contributed by atoms with Crippen molar-refractivity contribution >= 4 is 23.2 Å². The fourth-order valence-electron chi connectivity index (χ4n) is 2.53. The quantitative estimate of drug-likeness (QED) is 0.685. The van der Waals surface area contributed by atoms with Gasteiger partial charge < -0.3 is 20.1 Å². The van der Waals surface area contributed by atoms with Crippen molar-refractivity contribution in [2.45, 2.75) is 0 Å². The Morgan fingerprint density at radius 1 is 0.857 bits per heavy atom. The lowest BCUT2D eigenvalue weighted by Crippen LogP contribution is -2.17. The molecule has 0 radical (unpaired) electrons. The van der Waals surface area contributed by atoms with E-state index in [1.54, 1.807) is 49.6 Å². The van der Waals surface area contributed by atoms with Crippen LogP contribution in [0.3, 0.4) is 0 Å². The number of ether oxygens (including phenoxy) is 2. The number of nitrogens with zero attached hydrogens (tertiary/aromatic N) is 1. The first-order valence-corrected chi connectivity index (χ1v) is 8.46. The number of carbonyl (C=O) groups excluding carboxylic acids is 2. The SMILES string of the molecule is COc1cccc(NC(=O)c2cc(C(=O)Nc3ccccc3OC)ccn2)c1. The third-order valence-electron chi connectivity index (χ3n) is 3.94. The third kappa shape index (κ3) is 4.45. The number of anilines is 2. The largest absolute Gasteiger partial charge is 0.497 e. The Morgan fingerprint density at radius 3 is 2.46 bits per heavy atom. The molecule has 3 rings (SSSR count). The summed E-state index contributed by atoms with van der Waals surface area (Å²) >= 11 is 0. The van der Waals surface area contributed by atoms with Gasteiger partial charge in [0.2, 0.25) is 0 Å². The van der Waals surface area contributed by atoms with Gasteiger partial charge in [-0.2, -0.15) is 0 Å². The second-order valence-corrected chi connectivity index (χ2v) is 5.77. The molecule has 0 unspecified atom stereocenters. The van der Waals surface area contributed by atoms with E-state index in [0.29, 0.717) is 28.4 Å². The topological polar surface area (TPSA) is 89.5 Å². The molecule has 0 aliphatic carbocycles.